The van der Waals surface area contributed by atoms with Gasteiger partial charge in [0.05, 0.1) is 0 Å². The highest BCUT2D eigenvalue weighted by Gasteiger charge is 2.70. The minimum atomic E-state index is -6.04. The van der Waals surface area contributed by atoms with E-state index in [4.69, 9.17) is 0 Å². The van der Waals surface area contributed by atoms with Crippen LogP contribution < -0.4 is 6.15 Å². The van der Waals surface area contributed by atoms with Crippen molar-refractivity contribution in [3.63, 3.8) is 0 Å². The number of nitrogens with zero attached hydrogens (tertiary/aromatic N) is 1. The molecule has 16 heavy (non-hydrogen) atoms. The van der Waals surface area contributed by atoms with Gasteiger partial charge in [-0.15, -0.1) is 0 Å². The third-order valence-corrected chi connectivity index (χ3v) is 1.57. The molecule has 0 aromatic carbocycles. The minimum Gasteiger partial charge on any atom is -0.344 e. The van der Waals surface area contributed by atoms with Gasteiger partial charge in [0, 0.05) is 0 Å². The Morgan fingerprint density at radius 2 is 1.19 bits per heavy atom. The molecule has 0 rings (SSSR count). The maximum Gasteiger partial charge on any atom is 0.426 e. The van der Waals surface area contributed by atoms with Gasteiger partial charge in [0.15, 0.2) is 0 Å². The third-order valence-electron chi connectivity index (χ3n) is 1.57. The van der Waals surface area contributed by atoms with Crippen molar-refractivity contribution in [2.24, 2.45) is 0 Å². The highest BCUT2D eigenvalue weighted by molar-refractivity contribution is 4.92. The van der Waals surface area contributed by atoms with Crippen LogP contribution in [-0.4, -0.2) is 43.3 Å². The van der Waals surface area contributed by atoms with Crippen LogP contribution in [0.3, 0.4) is 0 Å². The van der Waals surface area contributed by atoms with Crippen molar-refractivity contribution in [1.29, 1.82) is 0 Å². The molecular formula is C6H10F8N2. The molecule has 0 saturated heterocycles. The predicted octanol–water partition coefficient (Wildman–Crippen LogP) is 2.84. The molecule has 3 N–H and O–H groups in total. The van der Waals surface area contributed by atoms with E-state index in [2.05, 4.69) is 0 Å². The summed E-state index contributed by atoms with van der Waals surface area (Å²) in [7, 11) is 0.827. The molecule has 0 aliphatic carbocycles. The molecule has 0 aromatic heterocycles. The molecule has 2 nitrogen and oxygen atoms in total. The smallest absolute Gasteiger partial charge is 0.344 e. The quantitative estimate of drug-likeness (QED) is 0.627. The van der Waals surface area contributed by atoms with Gasteiger partial charge in [-0.25, -0.2) is 9.29 Å². The lowest BCUT2D eigenvalue weighted by Crippen LogP contribution is -2.59. The first kappa shape index (κ1) is 17.7. The van der Waals surface area contributed by atoms with Crippen LogP contribution in [0.15, 0.2) is 0 Å². The Labute approximate surface area is 85.8 Å². The molecule has 0 radical (unpaired) electrons. The van der Waals surface area contributed by atoms with Gasteiger partial charge >= 0.3 is 18.1 Å². The van der Waals surface area contributed by atoms with Crippen molar-refractivity contribution in [1.82, 2.24) is 11.1 Å². The second-order valence-electron chi connectivity index (χ2n) is 2.96. The van der Waals surface area contributed by atoms with Crippen LogP contribution >= 0.6 is 0 Å². The maximum atomic E-state index is 12.5. The molecule has 1 unspecified atom stereocenters. The summed E-state index contributed by atoms with van der Waals surface area (Å²) in [5.74, 6) is -5.84. The summed E-state index contributed by atoms with van der Waals surface area (Å²) in [4.78, 5) is -0.481. The molecule has 0 heterocycles. The largest absolute Gasteiger partial charge is 0.426 e. The highest BCUT2D eigenvalue weighted by atomic mass is 19.4. The number of hydrogen-bond acceptors (Lipinski definition) is 2. The van der Waals surface area contributed by atoms with Gasteiger partial charge < -0.3 is 6.15 Å². The average Bonchev–Trinajstić information content (AvgIpc) is 2.00. The van der Waals surface area contributed by atoms with E-state index in [-0.39, 0.29) is 6.15 Å². The van der Waals surface area contributed by atoms with Crippen LogP contribution in [-0.2, 0) is 0 Å². The summed E-state index contributed by atoms with van der Waals surface area (Å²) in [6, 6.07) is -5.22. The number of halogens is 8. The lowest BCUT2D eigenvalue weighted by Gasteiger charge is -2.33. The Hall–Kier alpha value is -0.640. The zero-order valence-electron chi connectivity index (χ0n) is 8.26. The average molecular weight is 262 g/mol. The molecule has 100 valence electrons. The predicted molar refractivity (Wildman–Crippen MR) is 39.6 cm³/mol. The Balaban J connectivity index is 0. The Bertz CT molecular complexity index is 223. The fraction of sp³-hybridized carbons (Fsp3) is 1.00. The van der Waals surface area contributed by atoms with Crippen LogP contribution in [0.25, 0.3) is 0 Å². The van der Waals surface area contributed by atoms with E-state index >= 15 is 0 Å². The van der Waals surface area contributed by atoms with E-state index < -0.39 is 29.2 Å². The van der Waals surface area contributed by atoms with Gasteiger partial charge in [0.2, 0.25) is 0 Å². The molecule has 0 aliphatic rings. The fourth-order valence-electron chi connectivity index (χ4n) is 0.656. The minimum absolute atomic E-state index is 0. The van der Waals surface area contributed by atoms with Gasteiger partial charge in [-0.1, -0.05) is 0 Å². The van der Waals surface area contributed by atoms with Crippen LogP contribution in [0.1, 0.15) is 0 Å². The normalized spacial score (nSPS) is 15.9. The van der Waals surface area contributed by atoms with Crippen LogP contribution in [0.2, 0.25) is 0 Å². The summed E-state index contributed by atoms with van der Waals surface area (Å²) in [5.41, 5.74) is 0. The Morgan fingerprint density at radius 1 is 0.875 bits per heavy atom. The summed E-state index contributed by atoms with van der Waals surface area (Å²) < 4.78 is 96.7. The van der Waals surface area contributed by atoms with Crippen LogP contribution in [0.4, 0.5) is 35.1 Å². The van der Waals surface area contributed by atoms with Crippen molar-refractivity contribution in [3.8, 4) is 0 Å². The van der Waals surface area contributed by atoms with E-state index in [0.29, 0.717) is 14.1 Å². The molecular weight excluding hydrogens is 252 g/mol. The lowest BCUT2D eigenvalue weighted by molar-refractivity contribution is -0.338. The zero-order chi connectivity index (χ0) is 12.7. The molecule has 10 heteroatoms. The third kappa shape index (κ3) is 2.94. The number of rotatable bonds is 3. The van der Waals surface area contributed by atoms with Crippen molar-refractivity contribution < 1.29 is 35.1 Å². The second-order valence-corrected chi connectivity index (χ2v) is 2.96. The monoisotopic (exact) mass is 262 g/mol. The van der Waals surface area contributed by atoms with Crippen LogP contribution in [0, 0.1) is 0 Å². The van der Waals surface area contributed by atoms with E-state index in [9.17, 15) is 35.1 Å². The number of hydrogen-bond donors (Lipinski definition) is 1. The molecule has 0 bridgehead atoms. The van der Waals surface area contributed by atoms with Crippen molar-refractivity contribution in [2.75, 3.05) is 14.1 Å². The SMILES string of the molecule is CN(C)C(F)(F)C(F)(F)C(F)C(F)(F)F.N. The van der Waals surface area contributed by atoms with Gasteiger partial charge in [-0.2, -0.15) is 30.7 Å². The maximum absolute atomic E-state index is 12.5. The molecule has 0 amide bonds. The van der Waals surface area contributed by atoms with Crippen molar-refractivity contribution in [2.45, 2.75) is 24.3 Å². The topological polar surface area (TPSA) is 38.2 Å². The van der Waals surface area contributed by atoms with Gasteiger partial charge in [-0.3, -0.25) is 0 Å². The first-order valence-corrected chi connectivity index (χ1v) is 3.49. The fourth-order valence-corrected chi connectivity index (χ4v) is 0.656. The van der Waals surface area contributed by atoms with Gasteiger partial charge in [-0.05, 0) is 14.1 Å². The first-order valence-electron chi connectivity index (χ1n) is 3.49. The van der Waals surface area contributed by atoms with E-state index in [1.165, 1.54) is 0 Å². The zero-order valence-corrected chi connectivity index (χ0v) is 8.26. The van der Waals surface area contributed by atoms with E-state index in [1.807, 2.05) is 0 Å². The summed E-state index contributed by atoms with van der Waals surface area (Å²) >= 11 is 0. The molecule has 0 fully saturated rings. The standard InChI is InChI=1S/C6H7F8N.H3N/c1-15(2)6(13,14)4(8,9)3(7)5(10,11)12;/h3H,1-2H3;1H3. The highest BCUT2D eigenvalue weighted by Crippen LogP contribution is 2.45. The summed E-state index contributed by atoms with van der Waals surface area (Å²) in [6.07, 6.45) is -11.0. The number of alkyl halides is 8. The molecule has 0 spiro atoms. The van der Waals surface area contributed by atoms with Crippen LogP contribution in [0.5, 0.6) is 0 Å². The van der Waals surface area contributed by atoms with E-state index in [1.54, 1.807) is 0 Å². The van der Waals surface area contributed by atoms with Crippen molar-refractivity contribution in [3.05, 3.63) is 0 Å². The van der Waals surface area contributed by atoms with Gasteiger partial charge in [0.25, 0.3) is 6.17 Å². The van der Waals surface area contributed by atoms with Gasteiger partial charge in [0.1, 0.15) is 0 Å². The Kier molecular flexibility index (Phi) is 5.21. The summed E-state index contributed by atoms with van der Waals surface area (Å²) in [5, 5.41) is 0. The first-order chi connectivity index (χ1) is 6.35. The summed E-state index contributed by atoms with van der Waals surface area (Å²) in [6.45, 7) is 0. The van der Waals surface area contributed by atoms with Crippen molar-refractivity contribution >= 4 is 0 Å². The molecule has 0 saturated carbocycles. The molecule has 0 aromatic rings. The lowest BCUT2D eigenvalue weighted by atomic mass is 10.1. The Morgan fingerprint density at radius 3 is 1.38 bits per heavy atom. The van der Waals surface area contributed by atoms with E-state index in [0.717, 1.165) is 0 Å². The molecule has 1 atom stereocenters. The second kappa shape index (κ2) is 4.70. The molecule has 0 aliphatic heterocycles.